The number of allylic oxidation sites excluding steroid dienone is 1. The van der Waals surface area contributed by atoms with Gasteiger partial charge in [-0.05, 0) is 23.0 Å². The molecule has 0 saturated carbocycles. The number of benzene rings is 1. The van der Waals surface area contributed by atoms with Crippen molar-refractivity contribution in [1.82, 2.24) is 9.55 Å². The van der Waals surface area contributed by atoms with Crippen LogP contribution in [-0.4, -0.2) is 9.55 Å². The summed E-state index contributed by atoms with van der Waals surface area (Å²) in [5.41, 5.74) is 2.92. The third-order valence-corrected chi connectivity index (χ3v) is 2.94. The molecule has 0 amide bonds. The topological polar surface area (TPSA) is 17.8 Å². The van der Waals surface area contributed by atoms with E-state index >= 15 is 0 Å². The Balaban J connectivity index is 1.95. The number of aromatic nitrogens is 2. The molecule has 19 heavy (non-hydrogen) atoms. The Morgan fingerprint density at radius 1 is 1.16 bits per heavy atom. The van der Waals surface area contributed by atoms with Gasteiger partial charge in [-0.25, -0.2) is 4.98 Å². The molecule has 0 aliphatic carbocycles. The van der Waals surface area contributed by atoms with E-state index in [-0.39, 0.29) is 0 Å². The maximum atomic E-state index is 4.05. The van der Waals surface area contributed by atoms with Crippen molar-refractivity contribution in [1.29, 1.82) is 0 Å². The van der Waals surface area contributed by atoms with Crippen LogP contribution in [0.4, 0.5) is 0 Å². The highest BCUT2D eigenvalue weighted by Gasteiger charge is 2.06. The lowest BCUT2D eigenvalue weighted by Gasteiger charge is -2.14. The van der Waals surface area contributed by atoms with Gasteiger partial charge in [-0.2, -0.15) is 0 Å². The molecule has 0 radical (unpaired) electrons. The monoisotopic (exact) mass is 254 g/mol. The van der Waals surface area contributed by atoms with E-state index in [1.165, 1.54) is 11.1 Å². The largest absolute Gasteiger partial charge is 0.333 e. The molecule has 0 N–H and O–H groups in total. The van der Waals surface area contributed by atoms with Gasteiger partial charge in [-0.15, -0.1) is 0 Å². The van der Waals surface area contributed by atoms with Crippen LogP contribution in [0.5, 0.6) is 0 Å². The fourth-order valence-electron chi connectivity index (χ4n) is 1.87. The van der Waals surface area contributed by atoms with Crippen LogP contribution in [0.3, 0.4) is 0 Å². The highest BCUT2D eigenvalue weighted by molar-refractivity contribution is 5.49. The molecule has 0 saturated heterocycles. The van der Waals surface area contributed by atoms with Crippen molar-refractivity contribution in [3.8, 4) is 0 Å². The average molecular weight is 254 g/mol. The molecular weight excluding hydrogens is 232 g/mol. The maximum Gasteiger partial charge on any atom is 0.0949 e. The maximum absolute atomic E-state index is 4.05. The Morgan fingerprint density at radius 2 is 1.89 bits per heavy atom. The van der Waals surface area contributed by atoms with Crippen molar-refractivity contribution in [3.05, 3.63) is 60.2 Å². The van der Waals surface area contributed by atoms with E-state index < -0.39 is 0 Å². The van der Waals surface area contributed by atoms with Gasteiger partial charge in [0.15, 0.2) is 0 Å². The standard InChI is InChI=1S/C17H22N2/c1-17(2,3)10-4-5-15-6-8-16(9-7-15)13-19-12-11-18-14-19/h4-9,11-12,14H,10,13H2,1-3H3/b5-4+. The zero-order valence-corrected chi connectivity index (χ0v) is 12.0. The minimum atomic E-state index is 0.359. The van der Waals surface area contributed by atoms with Crippen molar-refractivity contribution in [3.63, 3.8) is 0 Å². The third kappa shape index (κ3) is 4.74. The fraction of sp³-hybridized carbons (Fsp3) is 0.353. The molecule has 0 unspecified atom stereocenters. The van der Waals surface area contributed by atoms with Gasteiger partial charge in [0, 0.05) is 18.9 Å². The van der Waals surface area contributed by atoms with Crippen LogP contribution in [-0.2, 0) is 6.54 Å². The molecule has 0 aliphatic rings. The predicted molar refractivity (Wildman–Crippen MR) is 80.9 cm³/mol. The number of hydrogen-bond acceptors (Lipinski definition) is 1. The summed E-state index contributed by atoms with van der Waals surface area (Å²) in [6.07, 6.45) is 11.2. The molecule has 2 nitrogen and oxygen atoms in total. The molecule has 1 heterocycles. The van der Waals surface area contributed by atoms with Crippen LogP contribution in [0.1, 0.15) is 38.3 Å². The summed E-state index contributed by atoms with van der Waals surface area (Å²) in [7, 11) is 0. The number of rotatable bonds is 4. The number of hydrogen-bond donors (Lipinski definition) is 0. The van der Waals surface area contributed by atoms with Crippen molar-refractivity contribution in [2.75, 3.05) is 0 Å². The number of nitrogens with zero attached hydrogens (tertiary/aromatic N) is 2. The lowest BCUT2D eigenvalue weighted by Crippen LogP contribution is -2.01. The smallest absolute Gasteiger partial charge is 0.0949 e. The first kappa shape index (κ1) is 13.6. The van der Waals surface area contributed by atoms with Gasteiger partial charge >= 0.3 is 0 Å². The van der Waals surface area contributed by atoms with Crippen LogP contribution in [0.15, 0.2) is 49.1 Å². The van der Waals surface area contributed by atoms with E-state index in [9.17, 15) is 0 Å². The molecule has 0 bridgehead atoms. The summed E-state index contributed by atoms with van der Waals surface area (Å²) in [6.45, 7) is 7.65. The Morgan fingerprint density at radius 3 is 2.47 bits per heavy atom. The van der Waals surface area contributed by atoms with Gasteiger partial charge in [-0.1, -0.05) is 57.2 Å². The van der Waals surface area contributed by atoms with E-state index in [1.54, 1.807) is 0 Å². The zero-order chi connectivity index (χ0) is 13.7. The van der Waals surface area contributed by atoms with Gasteiger partial charge in [0.05, 0.1) is 6.33 Å². The second kappa shape index (κ2) is 5.87. The van der Waals surface area contributed by atoms with Crippen molar-refractivity contribution in [2.45, 2.75) is 33.7 Å². The van der Waals surface area contributed by atoms with Crippen LogP contribution in [0, 0.1) is 5.41 Å². The van der Waals surface area contributed by atoms with Crippen LogP contribution in [0.2, 0.25) is 0 Å². The van der Waals surface area contributed by atoms with Gasteiger partial charge in [0.25, 0.3) is 0 Å². The molecule has 0 fully saturated rings. The molecule has 1 aromatic carbocycles. The fourth-order valence-corrected chi connectivity index (χ4v) is 1.87. The van der Waals surface area contributed by atoms with Gasteiger partial charge in [0.1, 0.15) is 0 Å². The zero-order valence-electron chi connectivity index (χ0n) is 12.0. The molecule has 0 aliphatic heterocycles. The second-order valence-corrected chi connectivity index (χ2v) is 6.14. The summed E-state index contributed by atoms with van der Waals surface area (Å²) in [4.78, 5) is 4.05. The molecule has 2 aromatic rings. The van der Waals surface area contributed by atoms with E-state index in [0.717, 1.165) is 13.0 Å². The Kier molecular flexibility index (Phi) is 4.20. The minimum absolute atomic E-state index is 0.359. The summed E-state index contributed by atoms with van der Waals surface area (Å²) in [5.74, 6) is 0. The van der Waals surface area contributed by atoms with E-state index in [2.05, 4.69) is 66.7 Å². The lowest BCUT2D eigenvalue weighted by molar-refractivity contribution is 0.421. The van der Waals surface area contributed by atoms with Crippen LogP contribution in [0.25, 0.3) is 6.08 Å². The molecule has 100 valence electrons. The second-order valence-electron chi connectivity index (χ2n) is 6.14. The lowest BCUT2D eigenvalue weighted by atomic mass is 9.92. The number of imidazole rings is 1. The predicted octanol–water partition coefficient (Wildman–Crippen LogP) is 4.38. The van der Waals surface area contributed by atoms with Gasteiger partial charge in [0.2, 0.25) is 0 Å². The van der Waals surface area contributed by atoms with Crippen molar-refractivity contribution in [2.24, 2.45) is 5.41 Å². The SMILES string of the molecule is CC(C)(C)C/C=C/c1ccc(Cn2ccnc2)cc1. The van der Waals surface area contributed by atoms with Crippen LogP contribution < -0.4 is 0 Å². The Labute approximate surface area is 115 Å². The van der Waals surface area contributed by atoms with Gasteiger partial charge < -0.3 is 4.57 Å². The van der Waals surface area contributed by atoms with Gasteiger partial charge in [-0.3, -0.25) is 0 Å². The molecule has 0 atom stereocenters. The van der Waals surface area contributed by atoms with Crippen molar-refractivity contribution >= 4 is 6.08 Å². The summed E-state index contributed by atoms with van der Waals surface area (Å²) >= 11 is 0. The molecule has 0 spiro atoms. The highest BCUT2D eigenvalue weighted by atomic mass is 15.0. The molecule has 2 rings (SSSR count). The first-order chi connectivity index (χ1) is 9.03. The summed E-state index contributed by atoms with van der Waals surface area (Å²) in [6, 6.07) is 8.70. The first-order valence-electron chi connectivity index (χ1n) is 6.74. The third-order valence-electron chi connectivity index (χ3n) is 2.94. The van der Waals surface area contributed by atoms with E-state index in [1.807, 2.05) is 18.7 Å². The normalized spacial score (nSPS) is 12.2. The van der Waals surface area contributed by atoms with E-state index in [4.69, 9.17) is 0 Å². The molecule has 1 aromatic heterocycles. The molecular formula is C17H22N2. The summed E-state index contributed by atoms with van der Waals surface area (Å²) < 4.78 is 2.07. The quantitative estimate of drug-likeness (QED) is 0.791. The minimum Gasteiger partial charge on any atom is -0.333 e. The molecule has 2 heteroatoms. The first-order valence-corrected chi connectivity index (χ1v) is 6.74. The Hall–Kier alpha value is -1.83. The van der Waals surface area contributed by atoms with E-state index in [0.29, 0.717) is 5.41 Å². The average Bonchev–Trinajstić information content (AvgIpc) is 2.83. The van der Waals surface area contributed by atoms with Crippen LogP contribution >= 0.6 is 0 Å². The van der Waals surface area contributed by atoms with Crippen molar-refractivity contribution < 1.29 is 0 Å². The summed E-state index contributed by atoms with van der Waals surface area (Å²) in [5, 5.41) is 0. The highest BCUT2D eigenvalue weighted by Crippen LogP contribution is 2.19. The Bertz CT molecular complexity index is 513.